The highest BCUT2D eigenvalue weighted by molar-refractivity contribution is 9.11. The summed E-state index contributed by atoms with van der Waals surface area (Å²) in [5.41, 5.74) is -11.2. The van der Waals surface area contributed by atoms with Crippen molar-refractivity contribution in [2.24, 2.45) is 0 Å². The first-order chi connectivity index (χ1) is 19.2. The SMILES string of the molecule is CNC(=O)c1cccc(-c2cccc(C(=O)Nc3c(Br)cc(C(F)(C(F)(F)F)C(F)(F)C(F)(F)F)cc3Br)c2F)c1F. The Bertz CT molecular complexity index is 1540. The first-order valence-corrected chi connectivity index (χ1v) is 12.6. The van der Waals surface area contributed by atoms with E-state index in [0.717, 1.165) is 30.3 Å². The highest BCUT2D eigenvalue weighted by atomic mass is 79.9. The quantitative estimate of drug-likeness (QED) is 0.249. The van der Waals surface area contributed by atoms with E-state index in [0.29, 0.717) is 0 Å². The van der Waals surface area contributed by atoms with Crippen molar-refractivity contribution in [2.45, 2.75) is 23.9 Å². The molecule has 1 atom stereocenters. The second-order valence-corrected chi connectivity index (χ2v) is 10.1. The zero-order chi connectivity index (χ0) is 32.0. The van der Waals surface area contributed by atoms with Crippen molar-refractivity contribution in [3.63, 3.8) is 0 Å². The molecule has 17 heteroatoms. The lowest BCUT2D eigenvalue weighted by atomic mass is 9.87. The molecule has 0 radical (unpaired) electrons. The minimum absolute atomic E-state index is 0.0556. The van der Waals surface area contributed by atoms with E-state index in [4.69, 9.17) is 0 Å². The van der Waals surface area contributed by atoms with Gasteiger partial charge in [-0.25, -0.2) is 13.2 Å². The van der Waals surface area contributed by atoms with Gasteiger partial charge in [-0.15, -0.1) is 0 Å². The number of hydrogen-bond acceptors (Lipinski definition) is 2. The molecule has 0 aliphatic carbocycles. The molecule has 1 unspecified atom stereocenters. The molecule has 2 amide bonds. The maximum Gasteiger partial charge on any atom is 0.457 e. The molecule has 2 N–H and O–H groups in total. The van der Waals surface area contributed by atoms with Gasteiger partial charge in [-0.2, -0.15) is 35.1 Å². The Labute approximate surface area is 245 Å². The summed E-state index contributed by atoms with van der Waals surface area (Å²) >= 11 is 5.19. The average Bonchev–Trinajstić information content (AvgIpc) is 2.88. The van der Waals surface area contributed by atoms with Crippen molar-refractivity contribution in [3.8, 4) is 11.1 Å². The number of alkyl halides is 9. The number of nitrogens with one attached hydrogen (secondary N) is 2. The van der Waals surface area contributed by atoms with Crippen molar-refractivity contribution in [1.82, 2.24) is 5.32 Å². The lowest BCUT2D eigenvalue weighted by Crippen LogP contribution is -2.59. The number of amides is 2. The summed E-state index contributed by atoms with van der Waals surface area (Å²) in [4.78, 5) is 24.8. The number of hydrogen-bond donors (Lipinski definition) is 2. The van der Waals surface area contributed by atoms with Gasteiger partial charge in [0, 0.05) is 32.7 Å². The van der Waals surface area contributed by atoms with Crippen molar-refractivity contribution in [1.29, 1.82) is 0 Å². The summed E-state index contributed by atoms with van der Waals surface area (Å²) in [6, 6.07) is 6.43. The maximum atomic E-state index is 15.4. The van der Waals surface area contributed by atoms with Crippen LogP contribution in [0.5, 0.6) is 0 Å². The van der Waals surface area contributed by atoms with Gasteiger partial charge in [-0.3, -0.25) is 9.59 Å². The van der Waals surface area contributed by atoms with Crippen LogP contribution in [0.1, 0.15) is 26.3 Å². The zero-order valence-corrected chi connectivity index (χ0v) is 23.5. The van der Waals surface area contributed by atoms with E-state index in [-0.39, 0.29) is 12.1 Å². The molecule has 0 saturated heterocycles. The predicted octanol–water partition coefficient (Wildman–Crippen LogP) is 8.69. The molecule has 0 heterocycles. The molecule has 3 rings (SSSR count). The molecule has 3 aromatic carbocycles. The Morgan fingerprint density at radius 3 is 1.50 bits per heavy atom. The molecule has 0 aliphatic rings. The zero-order valence-electron chi connectivity index (χ0n) is 20.3. The van der Waals surface area contributed by atoms with Gasteiger partial charge in [0.1, 0.15) is 11.6 Å². The van der Waals surface area contributed by atoms with E-state index >= 15 is 4.39 Å². The van der Waals surface area contributed by atoms with E-state index in [1.807, 2.05) is 5.32 Å². The summed E-state index contributed by atoms with van der Waals surface area (Å²) in [7, 11) is 1.22. The third kappa shape index (κ3) is 5.59. The molecule has 0 spiro atoms. The van der Waals surface area contributed by atoms with Crippen LogP contribution in [0.15, 0.2) is 57.5 Å². The molecule has 0 aromatic heterocycles. The summed E-state index contributed by atoms with van der Waals surface area (Å²) in [5.74, 6) is -11.6. The van der Waals surface area contributed by atoms with Gasteiger partial charge in [0.2, 0.25) is 0 Å². The molecular weight excluding hydrogens is 729 g/mol. The van der Waals surface area contributed by atoms with Gasteiger partial charge in [0.15, 0.2) is 0 Å². The van der Waals surface area contributed by atoms with Crippen molar-refractivity contribution >= 4 is 49.4 Å². The molecule has 226 valence electrons. The third-order valence-electron chi connectivity index (χ3n) is 5.86. The van der Waals surface area contributed by atoms with Crippen LogP contribution in [0.4, 0.5) is 54.0 Å². The minimum atomic E-state index is -6.95. The van der Waals surface area contributed by atoms with Crippen LogP contribution in [0.25, 0.3) is 11.1 Å². The summed E-state index contributed by atoms with van der Waals surface area (Å²) in [6.07, 6.45) is -13.7. The molecule has 0 fully saturated rings. The van der Waals surface area contributed by atoms with Crippen LogP contribution in [0, 0.1) is 11.6 Å². The largest absolute Gasteiger partial charge is 0.457 e. The Hall–Kier alpha value is -3.21. The first-order valence-electron chi connectivity index (χ1n) is 11.0. The summed E-state index contributed by atoms with van der Waals surface area (Å²) in [6.45, 7) is 0. The molecule has 42 heavy (non-hydrogen) atoms. The molecule has 0 saturated carbocycles. The van der Waals surface area contributed by atoms with Crippen LogP contribution < -0.4 is 10.6 Å². The average molecular weight is 742 g/mol. The first kappa shape index (κ1) is 33.3. The lowest BCUT2D eigenvalue weighted by Gasteiger charge is -2.36. The second kappa shape index (κ2) is 11.5. The predicted molar refractivity (Wildman–Crippen MR) is 135 cm³/mol. The number of halogens is 13. The van der Waals surface area contributed by atoms with Crippen LogP contribution in [0.2, 0.25) is 0 Å². The van der Waals surface area contributed by atoms with Crippen LogP contribution in [-0.4, -0.2) is 37.1 Å². The highest BCUT2D eigenvalue weighted by Crippen LogP contribution is 2.59. The fourth-order valence-electron chi connectivity index (χ4n) is 3.76. The Balaban J connectivity index is 2.07. The highest BCUT2D eigenvalue weighted by Gasteiger charge is 2.81. The standard InChI is InChI=1S/C25H13Br2F11N2O2/c1-39-20(41)13-6-2-4-11(17(13)28)12-5-3-7-14(18(12)29)21(42)40-19-15(26)8-10(9-16(19)27)22(30,24(33,34)35)23(31,32)25(36,37)38/h2-9H,1H3,(H,39,41)(H,40,42). The van der Waals surface area contributed by atoms with Crippen LogP contribution >= 0.6 is 31.9 Å². The van der Waals surface area contributed by atoms with Gasteiger partial charge in [-0.05, 0) is 56.1 Å². The van der Waals surface area contributed by atoms with Gasteiger partial charge in [-0.1, -0.05) is 24.3 Å². The molecule has 0 aliphatic heterocycles. The van der Waals surface area contributed by atoms with Crippen molar-refractivity contribution in [2.75, 3.05) is 12.4 Å². The van der Waals surface area contributed by atoms with E-state index in [1.54, 1.807) is 0 Å². The van der Waals surface area contributed by atoms with E-state index < -0.39 is 89.8 Å². The topological polar surface area (TPSA) is 58.2 Å². The van der Waals surface area contributed by atoms with Gasteiger partial charge >= 0.3 is 23.9 Å². The monoisotopic (exact) mass is 740 g/mol. The summed E-state index contributed by atoms with van der Waals surface area (Å²) < 4.78 is 150. The van der Waals surface area contributed by atoms with Crippen LogP contribution in [-0.2, 0) is 5.67 Å². The Morgan fingerprint density at radius 2 is 1.12 bits per heavy atom. The Kier molecular flexibility index (Phi) is 9.09. The van der Waals surface area contributed by atoms with E-state index in [9.17, 15) is 53.5 Å². The van der Waals surface area contributed by atoms with Gasteiger partial charge < -0.3 is 10.6 Å². The summed E-state index contributed by atoms with van der Waals surface area (Å²) in [5, 5.41) is 4.20. The molecule has 3 aromatic rings. The van der Waals surface area contributed by atoms with Crippen molar-refractivity contribution < 1.29 is 57.9 Å². The minimum Gasteiger partial charge on any atom is -0.355 e. The van der Waals surface area contributed by atoms with Gasteiger partial charge in [0.05, 0.1) is 16.8 Å². The van der Waals surface area contributed by atoms with Gasteiger partial charge in [0.25, 0.3) is 11.8 Å². The maximum absolute atomic E-state index is 15.4. The normalized spacial score (nSPS) is 13.9. The number of carbonyl (C=O) groups excluding carboxylic acids is 2. The number of rotatable bonds is 6. The molecule has 0 bridgehead atoms. The van der Waals surface area contributed by atoms with Crippen LogP contribution in [0.3, 0.4) is 0 Å². The molecule has 4 nitrogen and oxygen atoms in total. The number of anilines is 1. The number of benzene rings is 3. The molecular formula is C25H13Br2F11N2O2. The second-order valence-electron chi connectivity index (χ2n) is 8.41. The fourth-order valence-corrected chi connectivity index (χ4v) is 5.14. The van der Waals surface area contributed by atoms with E-state index in [1.165, 1.54) is 13.1 Å². The third-order valence-corrected chi connectivity index (χ3v) is 7.11. The van der Waals surface area contributed by atoms with E-state index in [2.05, 4.69) is 37.2 Å². The lowest BCUT2D eigenvalue weighted by molar-refractivity contribution is -0.389. The van der Waals surface area contributed by atoms with Crippen molar-refractivity contribution in [3.05, 3.63) is 85.8 Å². The number of carbonyl (C=O) groups is 2. The fraction of sp³-hybridized carbons (Fsp3) is 0.200. The Morgan fingerprint density at radius 1 is 0.690 bits per heavy atom. The smallest absolute Gasteiger partial charge is 0.355 e.